The number of hydrazine groups is 1. The largest absolute Gasteiger partial charge is 0.457 e. The third kappa shape index (κ3) is 6.51. The highest BCUT2D eigenvalue weighted by molar-refractivity contribution is 5.92. The summed E-state index contributed by atoms with van der Waals surface area (Å²) in [5, 5.41) is 9.09. The SMILES string of the molecule is CC1NC(=O)C(C(C)C)NC(=O)CCCc2ccc3ccc(cc3c2)C(C)OC(=O)C2CCCN(N2)C1=O. The zero-order chi connectivity index (χ0) is 27.4. The third-order valence-electron chi connectivity index (χ3n) is 7.29. The van der Waals surface area contributed by atoms with Crippen molar-refractivity contribution >= 4 is 34.5 Å². The number of benzene rings is 2. The molecule has 0 saturated carbocycles. The minimum atomic E-state index is -0.839. The minimum absolute atomic E-state index is 0.160. The van der Waals surface area contributed by atoms with E-state index in [0.717, 1.165) is 21.9 Å². The molecule has 0 radical (unpaired) electrons. The summed E-state index contributed by atoms with van der Waals surface area (Å²) in [5.74, 6) is -1.54. The highest BCUT2D eigenvalue weighted by Crippen LogP contribution is 2.25. The van der Waals surface area contributed by atoms with Gasteiger partial charge in [0.1, 0.15) is 24.2 Å². The maximum Gasteiger partial charge on any atom is 0.325 e. The molecule has 2 aliphatic heterocycles. The quantitative estimate of drug-likeness (QED) is 0.496. The van der Waals surface area contributed by atoms with Gasteiger partial charge in [-0.15, -0.1) is 0 Å². The topological polar surface area (TPSA) is 117 Å². The molecule has 0 aliphatic carbocycles. The Labute approximate surface area is 223 Å². The highest BCUT2D eigenvalue weighted by atomic mass is 16.5. The number of hydrogen-bond acceptors (Lipinski definition) is 6. The molecule has 5 bridgehead atoms. The fourth-order valence-corrected chi connectivity index (χ4v) is 4.99. The van der Waals surface area contributed by atoms with Crippen molar-refractivity contribution in [2.24, 2.45) is 5.92 Å². The first kappa shape index (κ1) is 27.6. The number of aryl methyl sites for hydroxylation is 1. The van der Waals surface area contributed by atoms with E-state index in [1.165, 1.54) is 5.01 Å². The average Bonchev–Trinajstić information content (AvgIpc) is 2.90. The normalized spacial score (nSPS) is 26.2. The predicted octanol–water partition coefficient (Wildman–Crippen LogP) is 2.92. The van der Waals surface area contributed by atoms with Crippen LogP contribution in [0.25, 0.3) is 10.8 Å². The number of carbonyl (C=O) groups is 4. The van der Waals surface area contributed by atoms with E-state index < -0.39 is 36.1 Å². The van der Waals surface area contributed by atoms with Gasteiger partial charge < -0.3 is 15.4 Å². The van der Waals surface area contributed by atoms with Gasteiger partial charge in [-0.1, -0.05) is 44.2 Å². The summed E-state index contributed by atoms with van der Waals surface area (Å²) in [6, 6.07) is 9.95. The molecular formula is C29H38N4O5. The van der Waals surface area contributed by atoms with Gasteiger partial charge in [-0.3, -0.25) is 24.2 Å². The molecule has 1 fully saturated rings. The summed E-state index contributed by atoms with van der Waals surface area (Å²) in [6.45, 7) is 7.56. The van der Waals surface area contributed by atoms with Crippen LogP contribution in [-0.4, -0.2) is 53.4 Å². The van der Waals surface area contributed by atoms with Crippen LogP contribution in [0, 0.1) is 5.92 Å². The highest BCUT2D eigenvalue weighted by Gasteiger charge is 2.33. The van der Waals surface area contributed by atoms with Crippen LogP contribution in [-0.2, 0) is 30.3 Å². The van der Waals surface area contributed by atoms with Crippen LogP contribution in [0.15, 0.2) is 36.4 Å². The number of esters is 1. The van der Waals surface area contributed by atoms with E-state index in [9.17, 15) is 19.2 Å². The van der Waals surface area contributed by atoms with Crippen molar-refractivity contribution in [1.82, 2.24) is 21.1 Å². The molecule has 3 amide bonds. The van der Waals surface area contributed by atoms with E-state index in [1.54, 1.807) is 6.92 Å². The zero-order valence-electron chi connectivity index (χ0n) is 22.6. The van der Waals surface area contributed by atoms with Gasteiger partial charge in [-0.2, -0.15) is 0 Å². The van der Waals surface area contributed by atoms with Gasteiger partial charge in [-0.05, 0) is 73.4 Å². The summed E-state index contributed by atoms with van der Waals surface area (Å²) in [4.78, 5) is 51.8. The van der Waals surface area contributed by atoms with E-state index in [4.69, 9.17) is 4.74 Å². The summed E-state index contributed by atoms with van der Waals surface area (Å²) in [7, 11) is 0. The number of nitrogens with one attached hydrogen (secondary N) is 3. The van der Waals surface area contributed by atoms with Gasteiger partial charge in [0.15, 0.2) is 0 Å². The molecule has 0 aromatic heterocycles. The molecule has 2 heterocycles. The Morgan fingerprint density at radius 2 is 1.68 bits per heavy atom. The maximum atomic E-state index is 13.1. The number of fused-ring (bicyclic) bond motifs is 4. The van der Waals surface area contributed by atoms with Crippen molar-refractivity contribution in [2.75, 3.05) is 6.54 Å². The smallest absolute Gasteiger partial charge is 0.325 e. The summed E-state index contributed by atoms with van der Waals surface area (Å²) >= 11 is 0. The average molecular weight is 523 g/mol. The van der Waals surface area contributed by atoms with Gasteiger partial charge in [-0.25, -0.2) is 5.43 Å². The predicted molar refractivity (Wildman–Crippen MR) is 144 cm³/mol. The van der Waals surface area contributed by atoms with Crippen LogP contribution >= 0.6 is 0 Å². The fourth-order valence-electron chi connectivity index (χ4n) is 4.99. The van der Waals surface area contributed by atoms with Crippen LogP contribution in [0.2, 0.25) is 0 Å². The standard InChI is InChI=1S/C29H38N4O5/c1-17(2)26-27(35)30-18(3)28(36)33-14-6-8-24(32-33)29(37)38-19(4)22-13-12-21-11-10-20(15-23(21)16-22)7-5-9-25(34)31-26/h10-13,15-19,24,26,32H,5-9,14H2,1-4H3,(H,30,35)(H,31,34). The fraction of sp³-hybridized carbons (Fsp3) is 0.517. The number of nitrogens with zero attached hydrogens (tertiary/aromatic N) is 1. The maximum absolute atomic E-state index is 13.1. The van der Waals surface area contributed by atoms with E-state index in [0.29, 0.717) is 32.2 Å². The molecular weight excluding hydrogens is 484 g/mol. The van der Waals surface area contributed by atoms with Gasteiger partial charge in [0, 0.05) is 13.0 Å². The number of carbonyl (C=O) groups excluding carboxylic acids is 4. The summed E-state index contributed by atoms with van der Waals surface area (Å²) < 4.78 is 5.80. The molecule has 38 heavy (non-hydrogen) atoms. The van der Waals surface area contributed by atoms with Crippen molar-refractivity contribution in [3.63, 3.8) is 0 Å². The van der Waals surface area contributed by atoms with Gasteiger partial charge in [0.25, 0.3) is 5.91 Å². The molecule has 4 rings (SSSR count). The molecule has 9 heteroatoms. The summed E-state index contributed by atoms with van der Waals surface area (Å²) in [6.07, 6.45) is 2.33. The molecule has 0 spiro atoms. The Bertz CT molecular complexity index is 1210. The van der Waals surface area contributed by atoms with Crippen molar-refractivity contribution in [3.05, 3.63) is 47.5 Å². The zero-order valence-corrected chi connectivity index (χ0v) is 22.6. The summed E-state index contributed by atoms with van der Waals surface area (Å²) in [5.41, 5.74) is 4.98. The van der Waals surface area contributed by atoms with Crippen molar-refractivity contribution < 1.29 is 23.9 Å². The second kappa shape index (κ2) is 11.9. The van der Waals surface area contributed by atoms with Crippen LogP contribution < -0.4 is 16.1 Å². The molecule has 2 aromatic carbocycles. The van der Waals surface area contributed by atoms with E-state index in [2.05, 4.69) is 34.3 Å². The number of hydrogen-bond donors (Lipinski definition) is 3. The number of rotatable bonds is 1. The first-order valence-electron chi connectivity index (χ1n) is 13.5. The van der Waals surface area contributed by atoms with Crippen LogP contribution in [0.4, 0.5) is 0 Å². The molecule has 2 aromatic rings. The monoisotopic (exact) mass is 522 g/mol. The van der Waals surface area contributed by atoms with Crippen molar-refractivity contribution in [3.8, 4) is 0 Å². The second-order valence-electron chi connectivity index (χ2n) is 10.7. The van der Waals surface area contributed by atoms with Gasteiger partial charge in [0.2, 0.25) is 11.8 Å². The molecule has 9 nitrogen and oxygen atoms in total. The number of amides is 3. The Morgan fingerprint density at radius 3 is 2.45 bits per heavy atom. The molecule has 1 saturated heterocycles. The van der Waals surface area contributed by atoms with Crippen LogP contribution in [0.3, 0.4) is 0 Å². The Morgan fingerprint density at radius 1 is 0.921 bits per heavy atom. The Kier molecular flexibility index (Phi) is 8.66. The molecule has 204 valence electrons. The van der Waals surface area contributed by atoms with Gasteiger partial charge >= 0.3 is 5.97 Å². The van der Waals surface area contributed by atoms with Crippen molar-refractivity contribution in [1.29, 1.82) is 0 Å². The number of cyclic esters (lactones) is 1. The van der Waals surface area contributed by atoms with E-state index in [1.807, 2.05) is 39.0 Å². The lowest BCUT2D eigenvalue weighted by Gasteiger charge is -2.35. The van der Waals surface area contributed by atoms with Gasteiger partial charge in [0.05, 0.1) is 0 Å². The Hall–Kier alpha value is -3.46. The molecule has 4 unspecified atom stereocenters. The van der Waals surface area contributed by atoms with Crippen LogP contribution in [0.1, 0.15) is 70.6 Å². The number of ether oxygens (including phenoxy) is 1. The second-order valence-corrected chi connectivity index (χ2v) is 10.7. The first-order chi connectivity index (χ1) is 18.1. The lowest BCUT2D eigenvalue weighted by molar-refractivity contribution is -0.157. The van der Waals surface area contributed by atoms with Crippen molar-refractivity contribution in [2.45, 2.75) is 84.0 Å². The Balaban J connectivity index is 1.60. The lowest BCUT2D eigenvalue weighted by Crippen LogP contribution is -2.61. The molecule has 2 aliphatic rings. The molecule has 4 atom stereocenters. The van der Waals surface area contributed by atoms with Crippen LogP contribution in [0.5, 0.6) is 0 Å². The molecule has 3 N–H and O–H groups in total. The van der Waals surface area contributed by atoms with E-state index >= 15 is 0 Å². The third-order valence-corrected chi connectivity index (χ3v) is 7.29. The first-order valence-corrected chi connectivity index (χ1v) is 13.5. The minimum Gasteiger partial charge on any atom is -0.457 e. The van der Waals surface area contributed by atoms with E-state index in [-0.39, 0.29) is 24.2 Å². The lowest BCUT2D eigenvalue weighted by atomic mass is 9.99.